The van der Waals surface area contributed by atoms with Crippen LogP contribution in [-0.2, 0) is 0 Å². The Morgan fingerprint density at radius 3 is 2.95 bits per heavy atom. The van der Waals surface area contributed by atoms with Crippen LogP contribution in [0.5, 0.6) is 5.75 Å². The van der Waals surface area contributed by atoms with Gasteiger partial charge in [-0.2, -0.15) is 4.98 Å². The Morgan fingerprint density at radius 1 is 1.47 bits per heavy atom. The van der Waals surface area contributed by atoms with Crippen LogP contribution in [-0.4, -0.2) is 28.3 Å². The number of phenols is 1. The van der Waals surface area contributed by atoms with Gasteiger partial charge >= 0.3 is 0 Å². The van der Waals surface area contributed by atoms with E-state index in [0.29, 0.717) is 17.3 Å². The zero-order chi connectivity index (χ0) is 13.8. The zero-order valence-electron chi connectivity index (χ0n) is 10.9. The third-order valence-corrected chi connectivity index (χ3v) is 2.77. The molecule has 0 aliphatic heterocycles. The molecule has 2 rings (SSSR count). The molecule has 19 heavy (non-hydrogen) atoms. The molecule has 5 nitrogen and oxygen atoms in total. The van der Waals surface area contributed by atoms with Crippen molar-refractivity contribution in [3.8, 4) is 17.1 Å². The number of likely N-dealkylation sites (N-methyl/N-ethyl adjacent to an activating group) is 1. The summed E-state index contributed by atoms with van der Waals surface area (Å²) in [6, 6.07) is 3.99. The van der Waals surface area contributed by atoms with Gasteiger partial charge in [0.2, 0.25) is 11.7 Å². The maximum absolute atomic E-state index is 13.3. The molecule has 2 N–H and O–H groups in total. The van der Waals surface area contributed by atoms with Gasteiger partial charge in [-0.15, -0.1) is 0 Å². The molecular weight excluding hydrogens is 249 g/mol. The molecule has 6 heteroatoms. The van der Waals surface area contributed by atoms with Gasteiger partial charge < -0.3 is 14.9 Å². The summed E-state index contributed by atoms with van der Waals surface area (Å²) < 4.78 is 18.4. The van der Waals surface area contributed by atoms with Crippen LogP contribution < -0.4 is 5.32 Å². The lowest BCUT2D eigenvalue weighted by molar-refractivity contribution is 0.355. The summed E-state index contributed by atoms with van der Waals surface area (Å²) in [5, 5.41) is 16.1. The summed E-state index contributed by atoms with van der Waals surface area (Å²) in [4.78, 5) is 4.24. The number of nitrogens with zero attached hydrogens (tertiary/aromatic N) is 2. The lowest BCUT2D eigenvalue weighted by Gasteiger charge is -2.05. The second-order valence-corrected chi connectivity index (χ2v) is 4.33. The predicted octanol–water partition coefficient (Wildman–Crippen LogP) is 2.29. The van der Waals surface area contributed by atoms with Crippen molar-refractivity contribution in [3.63, 3.8) is 0 Å². The van der Waals surface area contributed by atoms with Crippen LogP contribution in [0.3, 0.4) is 0 Å². The minimum absolute atomic E-state index is 0.0863. The Kier molecular flexibility index (Phi) is 4.11. The average Bonchev–Trinajstić information content (AvgIpc) is 2.89. The van der Waals surface area contributed by atoms with Gasteiger partial charge in [0.1, 0.15) is 0 Å². The van der Waals surface area contributed by atoms with Gasteiger partial charge in [-0.25, -0.2) is 4.39 Å². The highest BCUT2D eigenvalue weighted by molar-refractivity contribution is 5.55. The molecule has 0 saturated carbocycles. The molecular formula is C13H16FN3O2. The van der Waals surface area contributed by atoms with Gasteiger partial charge in [-0.3, -0.25) is 0 Å². The highest BCUT2D eigenvalue weighted by Crippen LogP contribution is 2.24. The molecule has 0 aliphatic rings. The molecule has 1 aromatic heterocycles. The first kappa shape index (κ1) is 13.5. The average molecular weight is 265 g/mol. The Bertz CT molecular complexity index is 557. The molecule has 2 aromatic rings. The fourth-order valence-corrected chi connectivity index (χ4v) is 1.65. The van der Waals surface area contributed by atoms with Gasteiger partial charge in [0.25, 0.3) is 0 Å². The maximum atomic E-state index is 13.3. The quantitative estimate of drug-likeness (QED) is 0.868. The Balaban J connectivity index is 2.18. The first-order valence-electron chi connectivity index (χ1n) is 6.15. The summed E-state index contributed by atoms with van der Waals surface area (Å²) in [6.45, 7) is 5.60. The first-order chi connectivity index (χ1) is 9.11. The van der Waals surface area contributed by atoms with Crippen molar-refractivity contribution in [2.24, 2.45) is 0 Å². The summed E-state index contributed by atoms with van der Waals surface area (Å²) >= 11 is 0. The monoisotopic (exact) mass is 265 g/mol. The number of aromatic nitrogens is 2. The maximum Gasteiger partial charge on any atom is 0.231 e. The number of aromatic hydroxyl groups is 1. The molecule has 0 aliphatic carbocycles. The van der Waals surface area contributed by atoms with E-state index < -0.39 is 11.6 Å². The van der Waals surface area contributed by atoms with Crippen LogP contribution >= 0.6 is 0 Å². The zero-order valence-corrected chi connectivity index (χ0v) is 10.9. The van der Waals surface area contributed by atoms with Crippen molar-refractivity contribution in [2.75, 3.05) is 13.1 Å². The molecule has 0 bridgehead atoms. The van der Waals surface area contributed by atoms with Crippen LogP contribution in [0.2, 0.25) is 0 Å². The van der Waals surface area contributed by atoms with Gasteiger partial charge in [0.15, 0.2) is 11.6 Å². The van der Waals surface area contributed by atoms with Crippen molar-refractivity contribution in [3.05, 3.63) is 29.9 Å². The van der Waals surface area contributed by atoms with Crippen LogP contribution in [0.25, 0.3) is 11.4 Å². The predicted molar refractivity (Wildman–Crippen MR) is 68.3 cm³/mol. The smallest absolute Gasteiger partial charge is 0.231 e. The van der Waals surface area contributed by atoms with E-state index in [1.54, 1.807) is 6.07 Å². The van der Waals surface area contributed by atoms with Crippen molar-refractivity contribution in [1.82, 2.24) is 15.5 Å². The van der Waals surface area contributed by atoms with Crippen molar-refractivity contribution < 1.29 is 14.0 Å². The Morgan fingerprint density at radius 2 is 2.26 bits per heavy atom. The molecule has 0 spiro atoms. The number of benzene rings is 1. The van der Waals surface area contributed by atoms with Gasteiger partial charge in [0, 0.05) is 18.0 Å². The van der Waals surface area contributed by atoms with E-state index in [-0.39, 0.29) is 5.92 Å². The van der Waals surface area contributed by atoms with Crippen LogP contribution in [0.4, 0.5) is 4.39 Å². The van der Waals surface area contributed by atoms with Crippen LogP contribution in [0.15, 0.2) is 22.7 Å². The second kappa shape index (κ2) is 5.79. The minimum atomic E-state index is -0.704. The number of nitrogens with one attached hydrogen (secondary N) is 1. The third kappa shape index (κ3) is 3.08. The highest BCUT2D eigenvalue weighted by atomic mass is 19.1. The molecule has 1 aromatic carbocycles. The minimum Gasteiger partial charge on any atom is -0.505 e. The lowest BCUT2D eigenvalue weighted by atomic mass is 10.1. The van der Waals surface area contributed by atoms with E-state index in [0.717, 1.165) is 13.1 Å². The number of hydrogen-bond acceptors (Lipinski definition) is 5. The second-order valence-electron chi connectivity index (χ2n) is 4.33. The van der Waals surface area contributed by atoms with E-state index >= 15 is 0 Å². The van der Waals surface area contributed by atoms with Crippen molar-refractivity contribution >= 4 is 0 Å². The van der Waals surface area contributed by atoms with Crippen molar-refractivity contribution in [2.45, 2.75) is 19.8 Å². The summed E-state index contributed by atoms with van der Waals surface area (Å²) in [5.41, 5.74) is 0.473. The van der Waals surface area contributed by atoms with E-state index in [4.69, 9.17) is 9.63 Å². The van der Waals surface area contributed by atoms with Crippen LogP contribution in [0.1, 0.15) is 25.7 Å². The highest BCUT2D eigenvalue weighted by Gasteiger charge is 2.15. The summed E-state index contributed by atoms with van der Waals surface area (Å²) in [6.07, 6.45) is 0. The fourth-order valence-electron chi connectivity index (χ4n) is 1.65. The van der Waals surface area contributed by atoms with Gasteiger partial charge in [-0.1, -0.05) is 19.0 Å². The normalized spacial score (nSPS) is 12.6. The lowest BCUT2D eigenvalue weighted by Crippen LogP contribution is -2.19. The third-order valence-electron chi connectivity index (χ3n) is 2.77. The molecule has 0 saturated heterocycles. The Hall–Kier alpha value is -1.95. The topological polar surface area (TPSA) is 71.2 Å². The number of halogens is 1. The molecule has 1 heterocycles. The molecule has 102 valence electrons. The fraction of sp³-hybridized carbons (Fsp3) is 0.385. The first-order valence-corrected chi connectivity index (χ1v) is 6.15. The van der Waals surface area contributed by atoms with Gasteiger partial charge in [0.05, 0.1) is 0 Å². The van der Waals surface area contributed by atoms with Crippen molar-refractivity contribution in [1.29, 1.82) is 0 Å². The molecule has 0 fully saturated rings. The summed E-state index contributed by atoms with van der Waals surface area (Å²) in [7, 11) is 0. The molecule has 1 atom stereocenters. The molecule has 0 radical (unpaired) electrons. The van der Waals surface area contributed by atoms with E-state index in [2.05, 4.69) is 15.5 Å². The molecule has 1 unspecified atom stereocenters. The van der Waals surface area contributed by atoms with E-state index in [9.17, 15) is 4.39 Å². The number of hydrogen-bond donors (Lipinski definition) is 2. The van der Waals surface area contributed by atoms with Gasteiger partial charge in [-0.05, 0) is 24.7 Å². The SMILES string of the molecule is CCNCC(C)c1nc(-c2ccc(O)c(F)c2)no1. The molecule has 0 amide bonds. The standard InChI is InChI=1S/C13H16FN3O2/c1-3-15-7-8(2)13-16-12(17-19-13)9-4-5-11(18)10(14)6-9/h4-6,8,15,18H,3,7H2,1-2H3. The largest absolute Gasteiger partial charge is 0.505 e. The summed E-state index contributed by atoms with van der Waals surface area (Å²) in [5.74, 6) is -0.192. The number of rotatable bonds is 5. The number of phenolic OH excluding ortho intramolecular Hbond substituents is 1. The van der Waals surface area contributed by atoms with Crippen LogP contribution in [0, 0.1) is 5.82 Å². The Labute approximate surface area is 110 Å². The van der Waals surface area contributed by atoms with E-state index in [1.165, 1.54) is 12.1 Å². The van der Waals surface area contributed by atoms with E-state index in [1.807, 2.05) is 13.8 Å².